The van der Waals surface area contributed by atoms with Gasteiger partial charge in [-0.25, -0.2) is 0 Å². The summed E-state index contributed by atoms with van der Waals surface area (Å²) in [6, 6.07) is 15.2. The second kappa shape index (κ2) is 7.32. The van der Waals surface area contributed by atoms with E-state index < -0.39 is 0 Å². The number of rotatable bonds is 5. The molecule has 0 saturated carbocycles. The van der Waals surface area contributed by atoms with Gasteiger partial charge in [-0.3, -0.25) is 14.3 Å². The lowest BCUT2D eigenvalue weighted by Gasteiger charge is -2.10. The maximum Gasteiger partial charge on any atom is 0.252 e. The van der Waals surface area contributed by atoms with Crippen molar-refractivity contribution in [2.24, 2.45) is 7.05 Å². The van der Waals surface area contributed by atoms with E-state index in [1.807, 2.05) is 6.07 Å². The number of carbonyl (C=O) groups excluding carboxylic acids is 2. The van der Waals surface area contributed by atoms with Crippen molar-refractivity contribution >= 4 is 23.3 Å². The molecule has 3 rings (SSSR count). The van der Waals surface area contributed by atoms with Gasteiger partial charge in [0.2, 0.25) is 0 Å². The van der Waals surface area contributed by atoms with Gasteiger partial charge in [0.25, 0.3) is 5.91 Å². The number of ketones is 1. The largest absolute Gasteiger partial charge is 0.346 e. The summed E-state index contributed by atoms with van der Waals surface area (Å²) in [5, 5.41) is 7.44. The SMILES string of the molecule is Cn1nccc1CNC(=O)c1ccccc1C(=O)c1ccc(Cl)cc1. The third-order valence-electron chi connectivity index (χ3n) is 3.88. The van der Waals surface area contributed by atoms with Crippen molar-refractivity contribution in [3.8, 4) is 0 Å². The molecule has 1 heterocycles. The van der Waals surface area contributed by atoms with E-state index in [0.717, 1.165) is 5.69 Å². The Kier molecular flexibility index (Phi) is 4.95. The van der Waals surface area contributed by atoms with E-state index in [2.05, 4.69) is 10.4 Å². The minimum atomic E-state index is -0.306. The minimum absolute atomic E-state index is 0.219. The number of nitrogens with zero attached hydrogens (tertiary/aromatic N) is 2. The van der Waals surface area contributed by atoms with Crippen molar-refractivity contribution in [3.05, 3.63) is 88.2 Å². The van der Waals surface area contributed by atoms with Crippen LogP contribution in [0.25, 0.3) is 0 Å². The molecule has 3 aromatic rings. The molecule has 0 radical (unpaired) electrons. The molecule has 0 aliphatic rings. The van der Waals surface area contributed by atoms with Gasteiger partial charge in [0, 0.05) is 29.4 Å². The van der Waals surface area contributed by atoms with Gasteiger partial charge < -0.3 is 5.32 Å². The van der Waals surface area contributed by atoms with Crippen LogP contribution in [0.5, 0.6) is 0 Å². The molecule has 0 aliphatic heterocycles. The van der Waals surface area contributed by atoms with E-state index >= 15 is 0 Å². The maximum absolute atomic E-state index is 12.7. The first kappa shape index (κ1) is 16.9. The quantitative estimate of drug-likeness (QED) is 0.716. The summed E-state index contributed by atoms with van der Waals surface area (Å²) >= 11 is 5.86. The summed E-state index contributed by atoms with van der Waals surface area (Å²) in [4.78, 5) is 25.3. The van der Waals surface area contributed by atoms with Gasteiger partial charge in [-0.15, -0.1) is 0 Å². The molecule has 0 saturated heterocycles. The van der Waals surface area contributed by atoms with Crippen LogP contribution in [0.3, 0.4) is 0 Å². The van der Waals surface area contributed by atoms with Crippen LogP contribution < -0.4 is 5.32 Å². The van der Waals surface area contributed by atoms with E-state index in [0.29, 0.717) is 28.3 Å². The fraction of sp³-hybridized carbons (Fsp3) is 0.105. The Morgan fingerprint density at radius 3 is 2.36 bits per heavy atom. The zero-order valence-corrected chi connectivity index (χ0v) is 14.3. The van der Waals surface area contributed by atoms with Crippen LogP contribution in [0.1, 0.15) is 32.0 Å². The monoisotopic (exact) mass is 353 g/mol. The van der Waals surface area contributed by atoms with E-state index in [4.69, 9.17) is 11.6 Å². The lowest BCUT2D eigenvalue weighted by Crippen LogP contribution is -2.26. The highest BCUT2D eigenvalue weighted by Gasteiger charge is 2.18. The number of aromatic nitrogens is 2. The summed E-state index contributed by atoms with van der Waals surface area (Å²) in [6.07, 6.45) is 1.67. The molecular formula is C19H16ClN3O2. The number of aryl methyl sites for hydroxylation is 1. The van der Waals surface area contributed by atoms with E-state index in [1.54, 1.807) is 66.5 Å². The number of nitrogens with one attached hydrogen (secondary N) is 1. The molecule has 0 atom stereocenters. The molecule has 6 heteroatoms. The van der Waals surface area contributed by atoms with Crippen LogP contribution in [0.4, 0.5) is 0 Å². The van der Waals surface area contributed by atoms with Gasteiger partial charge in [0.05, 0.1) is 17.8 Å². The molecule has 2 aromatic carbocycles. The van der Waals surface area contributed by atoms with E-state index in [1.165, 1.54) is 0 Å². The number of amides is 1. The van der Waals surface area contributed by atoms with E-state index in [-0.39, 0.29) is 11.7 Å². The van der Waals surface area contributed by atoms with Gasteiger partial charge in [-0.05, 0) is 36.4 Å². The third-order valence-corrected chi connectivity index (χ3v) is 4.13. The molecule has 0 bridgehead atoms. The molecule has 0 aliphatic carbocycles. The van der Waals surface area contributed by atoms with Crippen LogP contribution >= 0.6 is 11.6 Å². The van der Waals surface area contributed by atoms with Gasteiger partial charge in [-0.2, -0.15) is 5.10 Å². The molecule has 0 unspecified atom stereocenters. The lowest BCUT2D eigenvalue weighted by molar-refractivity contribution is 0.0939. The summed E-state index contributed by atoms with van der Waals surface area (Å²) in [7, 11) is 1.81. The molecule has 5 nitrogen and oxygen atoms in total. The molecule has 0 spiro atoms. The zero-order chi connectivity index (χ0) is 17.8. The minimum Gasteiger partial charge on any atom is -0.346 e. The van der Waals surface area contributed by atoms with Gasteiger partial charge in [0.15, 0.2) is 5.78 Å². The molecule has 25 heavy (non-hydrogen) atoms. The van der Waals surface area contributed by atoms with Gasteiger partial charge in [-0.1, -0.05) is 29.8 Å². The summed E-state index contributed by atoms with van der Waals surface area (Å²) in [5.41, 5.74) is 2.04. The highest BCUT2D eigenvalue weighted by atomic mass is 35.5. The zero-order valence-electron chi connectivity index (χ0n) is 13.6. The number of benzene rings is 2. The second-order valence-corrected chi connectivity index (χ2v) is 5.95. The molecular weight excluding hydrogens is 338 g/mol. The summed E-state index contributed by atoms with van der Waals surface area (Å²) in [5.74, 6) is -0.526. The summed E-state index contributed by atoms with van der Waals surface area (Å²) in [6.45, 7) is 0.332. The second-order valence-electron chi connectivity index (χ2n) is 5.51. The Bertz CT molecular complexity index is 916. The lowest BCUT2D eigenvalue weighted by atomic mass is 9.98. The fourth-order valence-corrected chi connectivity index (χ4v) is 2.60. The van der Waals surface area contributed by atoms with Crippen LogP contribution in [-0.2, 0) is 13.6 Å². The van der Waals surface area contributed by atoms with Crippen molar-refractivity contribution < 1.29 is 9.59 Å². The Balaban J connectivity index is 1.82. The van der Waals surface area contributed by atoms with Crippen molar-refractivity contribution in [1.82, 2.24) is 15.1 Å². The maximum atomic E-state index is 12.7. The predicted molar refractivity (Wildman–Crippen MR) is 95.7 cm³/mol. The first-order valence-electron chi connectivity index (χ1n) is 7.70. The van der Waals surface area contributed by atoms with Crippen LogP contribution in [0, 0.1) is 0 Å². The Morgan fingerprint density at radius 1 is 1.04 bits per heavy atom. The highest BCUT2D eigenvalue weighted by Crippen LogP contribution is 2.17. The third kappa shape index (κ3) is 3.78. The standard InChI is InChI=1S/C19H16ClN3O2/c1-23-15(10-11-22-23)12-21-19(25)17-5-3-2-4-16(17)18(24)13-6-8-14(20)9-7-13/h2-11H,12H2,1H3,(H,21,25). The topological polar surface area (TPSA) is 64.0 Å². The van der Waals surface area contributed by atoms with Gasteiger partial charge in [0.1, 0.15) is 0 Å². The van der Waals surface area contributed by atoms with E-state index in [9.17, 15) is 9.59 Å². The van der Waals surface area contributed by atoms with Crippen molar-refractivity contribution in [1.29, 1.82) is 0 Å². The average Bonchev–Trinajstić information content (AvgIpc) is 3.04. The first-order chi connectivity index (χ1) is 12.1. The Labute approximate surface area is 150 Å². The molecule has 0 fully saturated rings. The van der Waals surface area contributed by atoms with Gasteiger partial charge >= 0.3 is 0 Å². The molecule has 1 amide bonds. The number of carbonyl (C=O) groups is 2. The van der Waals surface area contributed by atoms with Crippen LogP contribution in [0.15, 0.2) is 60.8 Å². The number of hydrogen-bond acceptors (Lipinski definition) is 3. The smallest absolute Gasteiger partial charge is 0.252 e. The number of halogens is 1. The normalized spacial score (nSPS) is 10.5. The van der Waals surface area contributed by atoms with Crippen molar-refractivity contribution in [2.75, 3.05) is 0 Å². The highest BCUT2D eigenvalue weighted by molar-refractivity contribution is 6.30. The fourth-order valence-electron chi connectivity index (χ4n) is 2.48. The Hall–Kier alpha value is -2.92. The summed E-state index contributed by atoms with van der Waals surface area (Å²) < 4.78 is 1.69. The first-order valence-corrected chi connectivity index (χ1v) is 8.08. The average molecular weight is 354 g/mol. The number of hydrogen-bond donors (Lipinski definition) is 1. The van der Waals surface area contributed by atoms with Crippen LogP contribution in [-0.4, -0.2) is 21.5 Å². The van der Waals surface area contributed by atoms with Crippen LogP contribution in [0.2, 0.25) is 5.02 Å². The predicted octanol–water partition coefficient (Wildman–Crippen LogP) is 3.23. The molecule has 1 aromatic heterocycles. The van der Waals surface area contributed by atoms with Crippen molar-refractivity contribution in [3.63, 3.8) is 0 Å². The molecule has 1 N–H and O–H groups in total. The molecule has 126 valence electrons. The Morgan fingerprint density at radius 2 is 1.72 bits per heavy atom. The van der Waals surface area contributed by atoms with Crippen molar-refractivity contribution in [2.45, 2.75) is 6.54 Å².